The van der Waals surface area contributed by atoms with Crippen molar-refractivity contribution in [1.82, 2.24) is 10.2 Å². The summed E-state index contributed by atoms with van der Waals surface area (Å²) in [6.45, 7) is 4.19. The van der Waals surface area contributed by atoms with Gasteiger partial charge in [0.2, 0.25) is 11.8 Å². The van der Waals surface area contributed by atoms with Crippen molar-refractivity contribution in [3.05, 3.63) is 35.4 Å². The fourth-order valence-electron chi connectivity index (χ4n) is 4.89. The highest BCUT2D eigenvalue weighted by atomic mass is 32.2. The van der Waals surface area contributed by atoms with Gasteiger partial charge < -0.3 is 16.0 Å². The van der Waals surface area contributed by atoms with Crippen LogP contribution in [0.4, 0.5) is 0 Å². The molecule has 5 nitrogen and oxygen atoms in total. The molecule has 0 radical (unpaired) electrons. The number of nitrogens with zero attached hydrogens (tertiary/aromatic N) is 1. The highest BCUT2D eigenvalue weighted by Crippen LogP contribution is 2.46. The van der Waals surface area contributed by atoms with E-state index in [1.807, 2.05) is 6.07 Å². The molecule has 1 aliphatic carbocycles. The molecule has 3 N–H and O–H groups in total. The third-order valence-electron chi connectivity index (χ3n) is 6.27. The lowest BCUT2D eigenvalue weighted by atomic mass is 9.83. The van der Waals surface area contributed by atoms with Gasteiger partial charge in [-0.3, -0.25) is 9.59 Å². The molecule has 1 aromatic rings. The Morgan fingerprint density at radius 3 is 2.89 bits per heavy atom. The molecule has 0 unspecified atom stereocenters. The van der Waals surface area contributed by atoms with E-state index in [-0.39, 0.29) is 28.6 Å². The minimum atomic E-state index is -0.498. The molecule has 2 saturated heterocycles. The lowest BCUT2D eigenvalue weighted by molar-refractivity contribution is -0.142. The lowest BCUT2D eigenvalue weighted by Crippen LogP contribution is -2.55. The van der Waals surface area contributed by atoms with E-state index < -0.39 is 12.1 Å². The summed E-state index contributed by atoms with van der Waals surface area (Å²) in [6.07, 6.45) is 4.59. The van der Waals surface area contributed by atoms with Gasteiger partial charge in [-0.05, 0) is 54.4 Å². The largest absolute Gasteiger partial charge is 0.347 e. The van der Waals surface area contributed by atoms with E-state index in [0.717, 1.165) is 31.4 Å². The van der Waals surface area contributed by atoms with Crippen LogP contribution in [0.1, 0.15) is 56.7 Å². The molecule has 2 heterocycles. The first-order valence-electron chi connectivity index (χ1n) is 9.96. The highest BCUT2D eigenvalue weighted by Gasteiger charge is 2.54. The first kappa shape index (κ1) is 18.8. The van der Waals surface area contributed by atoms with E-state index in [0.29, 0.717) is 6.42 Å². The van der Waals surface area contributed by atoms with E-state index in [2.05, 4.69) is 37.4 Å². The number of nitrogens with two attached hydrogens (primary N) is 1. The van der Waals surface area contributed by atoms with Gasteiger partial charge in [-0.25, -0.2) is 0 Å². The first-order chi connectivity index (χ1) is 12.9. The average molecular weight is 388 g/mol. The minimum absolute atomic E-state index is 0.0284. The van der Waals surface area contributed by atoms with Gasteiger partial charge in [-0.15, -0.1) is 11.8 Å². The Bertz CT molecular complexity index is 751. The molecule has 0 bridgehead atoms. The van der Waals surface area contributed by atoms with Gasteiger partial charge in [-0.2, -0.15) is 0 Å². The molecule has 146 valence electrons. The van der Waals surface area contributed by atoms with E-state index in [1.54, 1.807) is 16.7 Å². The van der Waals surface area contributed by atoms with Gasteiger partial charge in [0, 0.05) is 0 Å². The van der Waals surface area contributed by atoms with Gasteiger partial charge in [0.05, 0.1) is 17.5 Å². The van der Waals surface area contributed by atoms with Gasteiger partial charge in [0.1, 0.15) is 6.04 Å². The summed E-state index contributed by atoms with van der Waals surface area (Å²) < 4.78 is 0. The molecule has 4 rings (SSSR count). The second-order valence-electron chi connectivity index (χ2n) is 8.71. The number of rotatable bonds is 2. The fraction of sp³-hybridized carbons (Fsp3) is 0.619. The van der Waals surface area contributed by atoms with Crippen LogP contribution in [-0.2, 0) is 16.0 Å². The quantitative estimate of drug-likeness (QED) is 0.818. The number of hydrogen-bond donors (Lipinski definition) is 2. The van der Waals surface area contributed by atoms with Crippen LogP contribution in [0.3, 0.4) is 0 Å². The molecule has 0 spiro atoms. The maximum Gasteiger partial charge on any atom is 0.243 e. The van der Waals surface area contributed by atoms with Crippen molar-refractivity contribution >= 4 is 23.6 Å². The predicted octanol–water partition coefficient (Wildman–Crippen LogP) is 2.60. The smallest absolute Gasteiger partial charge is 0.243 e. The van der Waals surface area contributed by atoms with Crippen molar-refractivity contribution in [2.75, 3.05) is 5.75 Å². The summed E-state index contributed by atoms with van der Waals surface area (Å²) in [5, 5.41) is 3.33. The molecule has 2 fully saturated rings. The molecule has 3 aliphatic rings. The van der Waals surface area contributed by atoms with Gasteiger partial charge >= 0.3 is 0 Å². The average Bonchev–Trinajstić information content (AvgIpc) is 2.84. The maximum atomic E-state index is 13.4. The number of fused-ring (bicyclic) bond motifs is 2. The van der Waals surface area contributed by atoms with E-state index >= 15 is 0 Å². The van der Waals surface area contributed by atoms with Crippen LogP contribution in [0, 0.1) is 5.41 Å². The van der Waals surface area contributed by atoms with Crippen molar-refractivity contribution in [2.45, 2.75) is 69.5 Å². The Kier molecular flexibility index (Phi) is 4.97. The van der Waals surface area contributed by atoms with Crippen molar-refractivity contribution in [3.8, 4) is 0 Å². The minimum Gasteiger partial charge on any atom is -0.347 e. The fourth-order valence-corrected chi connectivity index (χ4v) is 6.49. The normalized spacial score (nSPS) is 32.4. The van der Waals surface area contributed by atoms with Crippen LogP contribution >= 0.6 is 11.8 Å². The van der Waals surface area contributed by atoms with E-state index in [9.17, 15) is 9.59 Å². The Morgan fingerprint density at radius 1 is 1.30 bits per heavy atom. The van der Waals surface area contributed by atoms with E-state index in [4.69, 9.17) is 5.73 Å². The topological polar surface area (TPSA) is 75.4 Å². The molecule has 6 heteroatoms. The first-order valence-corrected chi connectivity index (χ1v) is 11.0. The standard InChI is InChI=1S/C21H29N3O2S/c1-21(2)12-17-24(20(26)15(22)10-11-27-17)18(21)19(25)23-16-9-5-7-13-6-3-4-8-14(13)16/h3-4,6,8,15-18H,5,7,9-12,22H2,1-2H3,(H,23,25)/t15-,16+,17-,18+/m0/s1. The Balaban J connectivity index is 1.59. The second-order valence-corrected chi connectivity index (χ2v) is 10.00. The second kappa shape index (κ2) is 7.13. The van der Waals surface area contributed by atoms with Crippen LogP contribution < -0.4 is 11.1 Å². The number of amides is 2. The van der Waals surface area contributed by atoms with Crippen LogP contribution in [0.2, 0.25) is 0 Å². The molecular formula is C21H29N3O2S. The number of carbonyl (C=O) groups is 2. The third-order valence-corrected chi connectivity index (χ3v) is 7.52. The summed E-state index contributed by atoms with van der Waals surface area (Å²) in [5.74, 6) is 0.765. The monoisotopic (exact) mass is 387 g/mol. The zero-order valence-electron chi connectivity index (χ0n) is 16.1. The number of nitrogens with one attached hydrogen (secondary N) is 1. The summed E-state index contributed by atoms with van der Waals surface area (Å²) in [7, 11) is 0. The molecule has 27 heavy (non-hydrogen) atoms. The van der Waals surface area contributed by atoms with E-state index in [1.165, 1.54) is 11.1 Å². The van der Waals surface area contributed by atoms with Crippen molar-refractivity contribution in [1.29, 1.82) is 0 Å². The van der Waals surface area contributed by atoms with Crippen LogP contribution in [0.25, 0.3) is 0 Å². The molecule has 0 aromatic heterocycles. The van der Waals surface area contributed by atoms with Crippen LogP contribution in [-0.4, -0.2) is 39.9 Å². The Hall–Kier alpha value is -1.53. The molecule has 2 amide bonds. The predicted molar refractivity (Wildman–Crippen MR) is 108 cm³/mol. The molecule has 2 aliphatic heterocycles. The molecule has 4 atom stereocenters. The number of carbonyl (C=O) groups excluding carboxylic acids is 2. The third kappa shape index (κ3) is 3.38. The number of thioether (sulfide) groups is 1. The maximum absolute atomic E-state index is 13.4. The summed E-state index contributed by atoms with van der Waals surface area (Å²) in [5.41, 5.74) is 8.38. The van der Waals surface area contributed by atoms with Crippen molar-refractivity contribution < 1.29 is 9.59 Å². The SMILES string of the molecule is CC1(C)C[C@@H]2SCC[C@H](N)C(=O)N2[C@@H]1C(=O)N[C@@H]1CCCc2ccccc21. The Morgan fingerprint density at radius 2 is 2.07 bits per heavy atom. The van der Waals surface area contributed by atoms with Crippen LogP contribution in [0.5, 0.6) is 0 Å². The van der Waals surface area contributed by atoms with Gasteiger partial charge in [0.25, 0.3) is 0 Å². The molecular weight excluding hydrogens is 358 g/mol. The number of benzene rings is 1. The zero-order chi connectivity index (χ0) is 19.2. The summed E-state index contributed by atoms with van der Waals surface area (Å²) >= 11 is 1.77. The lowest BCUT2D eigenvalue weighted by Gasteiger charge is -2.35. The highest BCUT2D eigenvalue weighted by molar-refractivity contribution is 7.99. The van der Waals surface area contributed by atoms with Crippen molar-refractivity contribution in [2.24, 2.45) is 11.1 Å². The molecule has 0 saturated carbocycles. The zero-order valence-corrected chi connectivity index (χ0v) is 16.9. The molecule has 1 aromatic carbocycles. The van der Waals surface area contributed by atoms with Crippen molar-refractivity contribution in [3.63, 3.8) is 0 Å². The van der Waals surface area contributed by atoms with Gasteiger partial charge in [0.15, 0.2) is 0 Å². The van der Waals surface area contributed by atoms with Crippen LogP contribution in [0.15, 0.2) is 24.3 Å². The summed E-state index contributed by atoms with van der Waals surface area (Å²) in [4.78, 5) is 28.1. The summed E-state index contributed by atoms with van der Waals surface area (Å²) in [6, 6.07) is 7.43. The number of aryl methyl sites for hydroxylation is 1. The number of hydrogen-bond acceptors (Lipinski definition) is 4. The van der Waals surface area contributed by atoms with Gasteiger partial charge in [-0.1, -0.05) is 38.1 Å². The Labute approximate surface area is 165 Å².